The fourth-order valence-electron chi connectivity index (χ4n) is 2.23. The highest BCUT2D eigenvalue weighted by molar-refractivity contribution is 8.00. The van der Waals surface area contributed by atoms with Gasteiger partial charge in [0.25, 0.3) is 0 Å². The number of thioether (sulfide) groups is 1. The number of amides is 1. The number of thiazole rings is 1. The number of anilines is 1. The van der Waals surface area contributed by atoms with E-state index in [2.05, 4.69) is 10.3 Å². The maximum absolute atomic E-state index is 13.6. The number of halogens is 2. The summed E-state index contributed by atoms with van der Waals surface area (Å²) in [5.41, 5.74) is 2.96. The molecule has 0 unspecified atom stereocenters. The van der Waals surface area contributed by atoms with Gasteiger partial charge >= 0.3 is 0 Å². The van der Waals surface area contributed by atoms with Crippen molar-refractivity contribution in [3.05, 3.63) is 75.5 Å². The Morgan fingerprint density at radius 1 is 1.31 bits per heavy atom. The molecule has 1 aromatic heterocycles. The molecule has 3 aromatic rings. The standard InChI is InChI=1S/C19H16ClFN2OS2/c1-12-6-7-14(8-16(12)20)22-18(24)9-15-11-26-19(23-15)25-10-13-4-2-3-5-17(13)21/h2-8,11H,9-10H2,1H3,(H,22,24). The molecule has 0 saturated carbocycles. The molecule has 0 saturated heterocycles. The summed E-state index contributed by atoms with van der Waals surface area (Å²) in [6.45, 7) is 1.91. The second-order valence-electron chi connectivity index (χ2n) is 5.67. The largest absolute Gasteiger partial charge is 0.326 e. The van der Waals surface area contributed by atoms with Gasteiger partial charge in [-0.25, -0.2) is 9.37 Å². The number of hydrogen-bond donors (Lipinski definition) is 1. The van der Waals surface area contributed by atoms with Crippen LogP contribution in [-0.4, -0.2) is 10.9 Å². The quantitative estimate of drug-likeness (QED) is 0.532. The molecule has 2 aromatic carbocycles. The zero-order valence-corrected chi connectivity index (χ0v) is 16.3. The summed E-state index contributed by atoms with van der Waals surface area (Å²) in [6, 6.07) is 12.1. The first kappa shape index (κ1) is 18.9. The minimum atomic E-state index is -0.215. The molecule has 0 fully saturated rings. The van der Waals surface area contributed by atoms with Crippen molar-refractivity contribution in [2.75, 3.05) is 5.32 Å². The zero-order chi connectivity index (χ0) is 18.5. The predicted molar refractivity (Wildman–Crippen MR) is 107 cm³/mol. The highest BCUT2D eigenvalue weighted by Crippen LogP contribution is 2.27. The van der Waals surface area contributed by atoms with Crippen LogP contribution in [0.25, 0.3) is 0 Å². The van der Waals surface area contributed by atoms with Crippen molar-refractivity contribution in [3.63, 3.8) is 0 Å². The maximum Gasteiger partial charge on any atom is 0.230 e. The van der Waals surface area contributed by atoms with Crippen molar-refractivity contribution in [3.8, 4) is 0 Å². The number of nitrogens with one attached hydrogen (secondary N) is 1. The van der Waals surface area contributed by atoms with Gasteiger partial charge in [0, 0.05) is 21.8 Å². The topological polar surface area (TPSA) is 42.0 Å². The monoisotopic (exact) mass is 406 g/mol. The average Bonchev–Trinajstić information content (AvgIpc) is 3.05. The first-order valence-corrected chi connectivity index (χ1v) is 10.1. The van der Waals surface area contributed by atoms with E-state index in [4.69, 9.17) is 11.6 Å². The summed E-state index contributed by atoms with van der Waals surface area (Å²) in [5, 5.41) is 5.28. The lowest BCUT2D eigenvalue weighted by atomic mass is 10.2. The highest BCUT2D eigenvalue weighted by Gasteiger charge is 2.10. The SMILES string of the molecule is Cc1ccc(NC(=O)Cc2csc(SCc3ccccc3F)n2)cc1Cl. The van der Waals surface area contributed by atoms with Crippen LogP contribution in [0.1, 0.15) is 16.8 Å². The third kappa shape index (κ3) is 5.06. The lowest BCUT2D eigenvalue weighted by Crippen LogP contribution is -2.14. The number of nitrogens with zero attached hydrogens (tertiary/aromatic N) is 1. The van der Waals surface area contributed by atoms with Gasteiger partial charge in [0.2, 0.25) is 5.91 Å². The minimum Gasteiger partial charge on any atom is -0.326 e. The second kappa shape index (κ2) is 8.66. The van der Waals surface area contributed by atoms with Crippen LogP contribution < -0.4 is 5.32 Å². The van der Waals surface area contributed by atoms with Gasteiger partial charge in [-0.15, -0.1) is 11.3 Å². The van der Waals surface area contributed by atoms with Crippen LogP contribution in [0.2, 0.25) is 5.02 Å². The van der Waals surface area contributed by atoms with E-state index < -0.39 is 0 Å². The smallest absolute Gasteiger partial charge is 0.230 e. The molecule has 1 amide bonds. The summed E-state index contributed by atoms with van der Waals surface area (Å²) < 4.78 is 14.5. The Kier molecular flexibility index (Phi) is 6.29. The lowest BCUT2D eigenvalue weighted by Gasteiger charge is -2.06. The molecule has 134 valence electrons. The van der Waals surface area contributed by atoms with Gasteiger partial charge in [0.1, 0.15) is 10.2 Å². The van der Waals surface area contributed by atoms with E-state index in [9.17, 15) is 9.18 Å². The third-order valence-corrected chi connectivity index (χ3v) is 6.16. The van der Waals surface area contributed by atoms with Crippen LogP contribution in [0.4, 0.5) is 10.1 Å². The van der Waals surface area contributed by atoms with Crippen LogP contribution >= 0.6 is 34.7 Å². The Morgan fingerprint density at radius 3 is 2.88 bits per heavy atom. The number of carbonyl (C=O) groups is 1. The average molecular weight is 407 g/mol. The molecule has 0 radical (unpaired) electrons. The molecular weight excluding hydrogens is 391 g/mol. The molecule has 7 heteroatoms. The Labute approximate surface area is 164 Å². The van der Waals surface area contributed by atoms with Crippen molar-refractivity contribution in [1.29, 1.82) is 0 Å². The number of aryl methyl sites for hydroxylation is 1. The van der Waals surface area contributed by atoms with E-state index in [0.717, 1.165) is 9.90 Å². The van der Waals surface area contributed by atoms with Crippen LogP contribution in [0.5, 0.6) is 0 Å². The summed E-state index contributed by atoms with van der Waals surface area (Å²) in [7, 11) is 0. The molecule has 3 nitrogen and oxygen atoms in total. The molecule has 1 heterocycles. The number of hydrogen-bond acceptors (Lipinski definition) is 4. The third-order valence-electron chi connectivity index (χ3n) is 3.64. The summed E-state index contributed by atoms with van der Waals surface area (Å²) in [4.78, 5) is 16.6. The normalized spacial score (nSPS) is 10.7. The Hall–Kier alpha value is -1.89. The first-order valence-electron chi connectivity index (χ1n) is 7.88. The summed E-state index contributed by atoms with van der Waals surface area (Å²) >= 11 is 8.98. The molecular formula is C19H16ClFN2OS2. The van der Waals surface area contributed by atoms with Gasteiger partial charge in [-0.05, 0) is 36.2 Å². The van der Waals surface area contributed by atoms with Gasteiger partial charge in [-0.2, -0.15) is 0 Å². The number of aromatic nitrogens is 1. The van der Waals surface area contributed by atoms with Crippen molar-refractivity contribution in [1.82, 2.24) is 4.98 Å². The summed E-state index contributed by atoms with van der Waals surface area (Å²) in [5.74, 6) is 0.141. The first-order chi connectivity index (χ1) is 12.5. The van der Waals surface area contributed by atoms with Crippen LogP contribution in [-0.2, 0) is 17.0 Å². The maximum atomic E-state index is 13.6. The second-order valence-corrected chi connectivity index (χ2v) is 8.16. The molecule has 26 heavy (non-hydrogen) atoms. The van der Waals surface area contributed by atoms with E-state index in [1.165, 1.54) is 29.2 Å². The molecule has 0 bridgehead atoms. The predicted octanol–water partition coefficient (Wildman–Crippen LogP) is 5.72. The van der Waals surface area contributed by atoms with Crippen LogP contribution in [0.15, 0.2) is 52.2 Å². The Bertz CT molecular complexity index is 929. The van der Waals surface area contributed by atoms with Gasteiger partial charge in [-0.3, -0.25) is 4.79 Å². The van der Waals surface area contributed by atoms with E-state index in [-0.39, 0.29) is 18.1 Å². The highest BCUT2D eigenvalue weighted by atomic mass is 35.5. The zero-order valence-electron chi connectivity index (χ0n) is 14.0. The number of rotatable bonds is 6. The molecule has 1 N–H and O–H groups in total. The van der Waals surface area contributed by atoms with Crippen molar-refractivity contribution < 1.29 is 9.18 Å². The lowest BCUT2D eigenvalue weighted by molar-refractivity contribution is -0.115. The Balaban J connectivity index is 1.55. The fraction of sp³-hybridized carbons (Fsp3) is 0.158. The van der Waals surface area contributed by atoms with Gasteiger partial charge in [0.05, 0.1) is 12.1 Å². The fourth-order valence-corrected chi connectivity index (χ4v) is 4.24. The van der Waals surface area contributed by atoms with Gasteiger partial charge in [-0.1, -0.05) is 47.6 Å². The minimum absolute atomic E-state index is 0.152. The molecule has 0 atom stereocenters. The Morgan fingerprint density at radius 2 is 2.12 bits per heavy atom. The number of benzene rings is 2. The molecule has 3 rings (SSSR count). The van der Waals surface area contributed by atoms with Crippen molar-refractivity contribution in [2.45, 2.75) is 23.4 Å². The number of carbonyl (C=O) groups excluding carboxylic acids is 1. The molecule has 0 aliphatic carbocycles. The van der Waals surface area contributed by atoms with E-state index in [0.29, 0.717) is 27.7 Å². The summed E-state index contributed by atoms with van der Waals surface area (Å²) in [6.07, 6.45) is 0.183. The van der Waals surface area contributed by atoms with Crippen LogP contribution in [0, 0.1) is 12.7 Å². The van der Waals surface area contributed by atoms with Crippen molar-refractivity contribution >= 4 is 46.3 Å². The molecule has 0 spiro atoms. The van der Waals surface area contributed by atoms with Crippen molar-refractivity contribution in [2.24, 2.45) is 0 Å². The van der Waals surface area contributed by atoms with E-state index in [1.54, 1.807) is 18.2 Å². The van der Waals surface area contributed by atoms with Gasteiger partial charge < -0.3 is 5.32 Å². The van der Waals surface area contributed by atoms with E-state index in [1.807, 2.05) is 30.5 Å². The van der Waals surface area contributed by atoms with E-state index >= 15 is 0 Å². The molecule has 0 aliphatic rings. The van der Waals surface area contributed by atoms with Gasteiger partial charge in [0.15, 0.2) is 0 Å². The molecule has 0 aliphatic heterocycles. The van der Waals surface area contributed by atoms with Crippen LogP contribution in [0.3, 0.4) is 0 Å².